The molecule has 20 heavy (non-hydrogen) atoms. The minimum Gasteiger partial charge on any atom is -0.350 e. The number of benzene rings is 1. The Balaban J connectivity index is 1.99. The lowest BCUT2D eigenvalue weighted by Crippen LogP contribution is -2.32. The number of halogens is 2. The van der Waals surface area contributed by atoms with Gasteiger partial charge in [0.15, 0.2) is 11.6 Å². The summed E-state index contributed by atoms with van der Waals surface area (Å²) in [5, 5.41) is 6.73. The average molecular weight is 279 g/mol. The Labute approximate surface area is 115 Å². The first-order valence-electron chi connectivity index (χ1n) is 6.32. The lowest BCUT2D eigenvalue weighted by atomic mass is 10.2. The van der Waals surface area contributed by atoms with Crippen LogP contribution in [0.2, 0.25) is 0 Å². The van der Waals surface area contributed by atoms with E-state index in [2.05, 4.69) is 10.4 Å². The first kappa shape index (κ1) is 14.2. The van der Waals surface area contributed by atoms with Crippen molar-refractivity contribution in [2.75, 3.05) is 0 Å². The van der Waals surface area contributed by atoms with Gasteiger partial charge in [0, 0.05) is 18.9 Å². The predicted octanol–water partition coefficient (Wildman–Crippen LogP) is 2.43. The van der Waals surface area contributed by atoms with Crippen molar-refractivity contribution in [1.82, 2.24) is 15.1 Å². The minimum atomic E-state index is -0.920. The van der Waals surface area contributed by atoms with Gasteiger partial charge in [-0.05, 0) is 30.2 Å². The molecule has 1 aromatic heterocycles. The zero-order valence-corrected chi connectivity index (χ0v) is 11.0. The molecule has 0 aliphatic rings. The van der Waals surface area contributed by atoms with E-state index in [1.54, 1.807) is 23.1 Å². The second-order valence-electron chi connectivity index (χ2n) is 4.38. The van der Waals surface area contributed by atoms with Gasteiger partial charge in [-0.3, -0.25) is 9.48 Å². The van der Waals surface area contributed by atoms with E-state index in [0.717, 1.165) is 12.1 Å². The summed E-state index contributed by atoms with van der Waals surface area (Å²) >= 11 is 0. The highest BCUT2D eigenvalue weighted by atomic mass is 19.2. The molecule has 1 aromatic carbocycles. The van der Waals surface area contributed by atoms with E-state index >= 15 is 0 Å². The lowest BCUT2D eigenvalue weighted by Gasteiger charge is -2.15. The van der Waals surface area contributed by atoms with E-state index in [1.165, 1.54) is 6.07 Å². The number of carbonyl (C=O) groups excluding carboxylic acids is 1. The summed E-state index contributed by atoms with van der Waals surface area (Å²) in [6, 6.07) is 4.89. The van der Waals surface area contributed by atoms with Crippen LogP contribution in [0.15, 0.2) is 36.7 Å². The maximum atomic E-state index is 13.0. The molecule has 0 radical (unpaired) electrons. The Bertz CT molecular complexity index is 584. The van der Waals surface area contributed by atoms with Crippen LogP contribution in [-0.4, -0.2) is 15.7 Å². The first-order chi connectivity index (χ1) is 9.61. The van der Waals surface area contributed by atoms with Crippen LogP contribution in [0, 0.1) is 11.6 Å². The molecule has 0 aliphatic carbocycles. The molecule has 2 aromatic rings. The third-order valence-electron chi connectivity index (χ3n) is 2.98. The maximum absolute atomic E-state index is 13.0. The SMILES string of the molecule is CCC(C(=O)NCc1ccc(F)c(F)c1)n1cccn1. The van der Waals surface area contributed by atoms with Crippen molar-refractivity contribution in [3.63, 3.8) is 0 Å². The third-order valence-corrected chi connectivity index (χ3v) is 2.98. The number of nitrogens with zero attached hydrogens (tertiary/aromatic N) is 2. The normalized spacial score (nSPS) is 12.2. The molecule has 4 nitrogen and oxygen atoms in total. The molecule has 0 saturated heterocycles. The molecule has 6 heteroatoms. The number of amides is 1. The Morgan fingerprint density at radius 3 is 2.80 bits per heavy atom. The number of hydrogen-bond acceptors (Lipinski definition) is 2. The average Bonchev–Trinajstić information content (AvgIpc) is 2.95. The van der Waals surface area contributed by atoms with Crippen LogP contribution in [0.25, 0.3) is 0 Å². The van der Waals surface area contributed by atoms with Crippen molar-refractivity contribution >= 4 is 5.91 Å². The van der Waals surface area contributed by atoms with Crippen molar-refractivity contribution in [3.8, 4) is 0 Å². The van der Waals surface area contributed by atoms with Crippen molar-refractivity contribution in [3.05, 3.63) is 53.9 Å². The lowest BCUT2D eigenvalue weighted by molar-refractivity contribution is -0.124. The van der Waals surface area contributed by atoms with E-state index in [-0.39, 0.29) is 12.5 Å². The molecule has 1 heterocycles. The fraction of sp³-hybridized carbons (Fsp3) is 0.286. The summed E-state index contributed by atoms with van der Waals surface area (Å²) in [6.45, 7) is 2.03. The second kappa shape index (κ2) is 6.27. The van der Waals surface area contributed by atoms with Crippen molar-refractivity contribution in [1.29, 1.82) is 0 Å². The summed E-state index contributed by atoms with van der Waals surface area (Å²) in [7, 11) is 0. The number of hydrogen-bond donors (Lipinski definition) is 1. The maximum Gasteiger partial charge on any atom is 0.245 e. The van der Waals surface area contributed by atoms with Gasteiger partial charge in [0.05, 0.1) is 0 Å². The fourth-order valence-corrected chi connectivity index (χ4v) is 1.91. The van der Waals surface area contributed by atoms with Gasteiger partial charge in [0.2, 0.25) is 5.91 Å². The molecule has 0 fully saturated rings. The fourth-order valence-electron chi connectivity index (χ4n) is 1.91. The molecule has 106 valence electrons. The Kier molecular flexibility index (Phi) is 4.45. The molecule has 1 unspecified atom stereocenters. The van der Waals surface area contributed by atoms with Crippen molar-refractivity contribution < 1.29 is 13.6 Å². The molecule has 0 aliphatic heterocycles. The Morgan fingerprint density at radius 2 is 2.20 bits per heavy atom. The summed E-state index contributed by atoms with van der Waals surface area (Å²) in [5.41, 5.74) is 0.507. The van der Waals surface area contributed by atoms with Gasteiger partial charge in [-0.15, -0.1) is 0 Å². The molecule has 0 saturated carbocycles. The number of rotatable bonds is 5. The third kappa shape index (κ3) is 3.20. The topological polar surface area (TPSA) is 46.9 Å². The summed E-state index contributed by atoms with van der Waals surface area (Å²) in [5.74, 6) is -2.03. The summed E-state index contributed by atoms with van der Waals surface area (Å²) in [6.07, 6.45) is 3.90. The molecule has 0 bridgehead atoms. The molecular weight excluding hydrogens is 264 g/mol. The van der Waals surface area contributed by atoms with Crippen LogP contribution in [0.3, 0.4) is 0 Å². The van der Waals surface area contributed by atoms with E-state index in [9.17, 15) is 13.6 Å². The Morgan fingerprint density at radius 1 is 1.40 bits per heavy atom. The van der Waals surface area contributed by atoms with Crippen LogP contribution in [0.5, 0.6) is 0 Å². The highest BCUT2D eigenvalue weighted by molar-refractivity contribution is 5.80. The van der Waals surface area contributed by atoms with Gasteiger partial charge in [-0.1, -0.05) is 13.0 Å². The monoisotopic (exact) mass is 279 g/mol. The second-order valence-corrected chi connectivity index (χ2v) is 4.38. The van der Waals surface area contributed by atoms with Crippen LogP contribution < -0.4 is 5.32 Å². The van der Waals surface area contributed by atoms with Crippen molar-refractivity contribution in [2.45, 2.75) is 25.9 Å². The minimum absolute atomic E-state index is 0.147. The standard InChI is InChI=1S/C14H15F2N3O/c1-2-13(19-7-3-6-18-19)14(20)17-9-10-4-5-11(15)12(16)8-10/h3-8,13H,2,9H2,1H3,(H,17,20). The van der Waals surface area contributed by atoms with Gasteiger partial charge >= 0.3 is 0 Å². The number of aromatic nitrogens is 2. The highest BCUT2D eigenvalue weighted by Gasteiger charge is 2.18. The molecule has 1 N–H and O–H groups in total. The molecule has 0 spiro atoms. The van der Waals surface area contributed by atoms with Crippen LogP contribution in [0.4, 0.5) is 8.78 Å². The van der Waals surface area contributed by atoms with E-state index < -0.39 is 17.7 Å². The zero-order valence-electron chi connectivity index (χ0n) is 11.0. The summed E-state index contributed by atoms with van der Waals surface area (Å²) in [4.78, 5) is 12.1. The van der Waals surface area contributed by atoms with Gasteiger partial charge in [0.25, 0.3) is 0 Å². The van der Waals surface area contributed by atoms with Crippen LogP contribution >= 0.6 is 0 Å². The molecule has 1 atom stereocenters. The first-order valence-corrected chi connectivity index (χ1v) is 6.32. The van der Waals surface area contributed by atoms with E-state index in [1.807, 2.05) is 6.92 Å². The van der Waals surface area contributed by atoms with Crippen LogP contribution in [0.1, 0.15) is 24.9 Å². The van der Waals surface area contributed by atoms with Crippen LogP contribution in [-0.2, 0) is 11.3 Å². The number of carbonyl (C=O) groups is 1. The predicted molar refractivity (Wildman–Crippen MR) is 69.8 cm³/mol. The smallest absolute Gasteiger partial charge is 0.245 e. The zero-order chi connectivity index (χ0) is 14.5. The number of nitrogens with one attached hydrogen (secondary N) is 1. The molecular formula is C14H15F2N3O. The molecule has 1 amide bonds. The van der Waals surface area contributed by atoms with E-state index in [4.69, 9.17) is 0 Å². The van der Waals surface area contributed by atoms with Crippen molar-refractivity contribution in [2.24, 2.45) is 0 Å². The highest BCUT2D eigenvalue weighted by Crippen LogP contribution is 2.11. The summed E-state index contributed by atoms with van der Waals surface area (Å²) < 4.78 is 27.4. The van der Waals surface area contributed by atoms with Gasteiger partial charge in [-0.25, -0.2) is 8.78 Å². The van der Waals surface area contributed by atoms with Gasteiger partial charge < -0.3 is 5.32 Å². The largest absolute Gasteiger partial charge is 0.350 e. The van der Waals surface area contributed by atoms with Gasteiger partial charge in [-0.2, -0.15) is 5.10 Å². The quantitative estimate of drug-likeness (QED) is 0.913. The molecule has 2 rings (SSSR count). The van der Waals surface area contributed by atoms with E-state index in [0.29, 0.717) is 12.0 Å². The Hall–Kier alpha value is -2.24. The van der Waals surface area contributed by atoms with Gasteiger partial charge in [0.1, 0.15) is 6.04 Å².